The second kappa shape index (κ2) is 7.04. The van der Waals surface area contributed by atoms with Crippen molar-refractivity contribution in [1.29, 1.82) is 0 Å². The van der Waals surface area contributed by atoms with E-state index < -0.39 is 10.2 Å². The zero-order valence-electron chi connectivity index (χ0n) is 14.3. The van der Waals surface area contributed by atoms with Crippen molar-refractivity contribution in [3.63, 3.8) is 0 Å². The quantitative estimate of drug-likeness (QED) is 0.688. The summed E-state index contributed by atoms with van der Waals surface area (Å²) < 4.78 is 28.7. The van der Waals surface area contributed by atoms with Gasteiger partial charge in [-0.15, -0.1) is 0 Å². The summed E-state index contributed by atoms with van der Waals surface area (Å²) in [6.07, 6.45) is 3.28. The van der Waals surface area contributed by atoms with Crippen molar-refractivity contribution < 1.29 is 8.42 Å². The van der Waals surface area contributed by atoms with Crippen LogP contribution in [0.25, 0.3) is 10.8 Å². The predicted molar refractivity (Wildman–Crippen MR) is 105 cm³/mol. The van der Waals surface area contributed by atoms with E-state index in [4.69, 9.17) is 11.6 Å². The standard InChI is InChI=1S/C19H20ClN3O2S/c20-19-7-6-17-14-23(15-18(17)12-19)26(24,25)22-10-8-21(9-11-22)13-16-4-2-1-3-5-16/h1-7,12,14-15H,8-11,13H2. The third-order valence-corrected chi connectivity index (χ3v) is 6.75. The fraction of sp³-hybridized carbons (Fsp3) is 0.263. The molecule has 136 valence electrons. The largest absolute Gasteiger partial charge is 0.307 e. The van der Waals surface area contributed by atoms with Crippen LogP contribution in [0.2, 0.25) is 5.02 Å². The van der Waals surface area contributed by atoms with Crippen LogP contribution in [0.15, 0.2) is 60.9 Å². The smallest absolute Gasteiger partial charge is 0.296 e. The Morgan fingerprint density at radius 1 is 0.885 bits per heavy atom. The van der Waals surface area contributed by atoms with Gasteiger partial charge >= 0.3 is 10.2 Å². The van der Waals surface area contributed by atoms with Crippen LogP contribution >= 0.6 is 11.6 Å². The van der Waals surface area contributed by atoms with Crippen LogP contribution in [0.3, 0.4) is 0 Å². The number of nitrogens with zero attached hydrogens (tertiary/aromatic N) is 3. The molecule has 0 N–H and O–H groups in total. The second-order valence-corrected chi connectivity index (χ2v) is 8.80. The number of benzene rings is 2. The molecule has 0 radical (unpaired) electrons. The zero-order chi connectivity index (χ0) is 18.1. The van der Waals surface area contributed by atoms with E-state index in [1.54, 1.807) is 28.8 Å². The van der Waals surface area contributed by atoms with Gasteiger partial charge in [-0.2, -0.15) is 12.7 Å². The van der Waals surface area contributed by atoms with Gasteiger partial charge in [-0.3, -0.25) is 4.90 Å². The van der Waals surface area contributed by atoms with Gasteiger partial charge < -0.3 is 0 Å². The molecule has 1 aromatic heterocycles. The van der Waals surface area contributed by atoms with Gasteiger partial charge in [0.25, 0.3) is 0 Å². The normalized spacial score (nSPS) is 17.0. The third-order valence-electron chi connectivity index (χ3n) is 4.75. The number of hydrogen-bond acceptors (Lipinski definition) is 3. The van der Waals surface area contributed by atoms with E-state index in [2.05, 4.69) is 17.0 Å². The van der Waals surface area contributed by atoms with Crippen LogP contribution in [0.1, 0.15) is 5.56 Å². The van der Waals surface area contributed by atoms with E-state index in [0.717, 1.165) is 30.4 Å². The molecule has 7 heteroatoms. The average molecular weight is 390 g/mol. The molecule has 1 saturated heterocycles. The van der Waals surface area contributed by atoms with Crippen LogP contribution in [-0.2, 0) is 16.8 Å². The summed E-state index contributed by atoms with van der Waals surface area (Å²) in [7, 11) is -3.55. The molecular formula is C19H20ClN3O2S. The van der Waals surface area contributed by atoms with Gasteiger partial charge in [0.2, 0.25) is 0 Å². The number of halogens is 1. The topological polar surface area (TPSA) is 45.6 Å². The van der Waals surface area contributed by atoms with E-state index >= 15 is 0 Å². The zero-order valence-corrected chi connectivity index (χ0v) is 15.8. The Balaban J connectivity index is 1.47. The number of rotatable bonds is 4. The first-order valence-corrected chi connectivity index (χ1v) is 10.3. The SMILES string of the molecule is O=S(=O)(N1CCN(Cc2ccccc2)CC1)n1cc2ccc(Cl)cc2c1. The first-order valence-electron chi connectivity index (χ1n) is 8.56. The molecule has 0 saturated carbocycles. The van der Waals surface area contributed by atoms with Gasteiger partial charge in [-0.05, 0) is 17.7 Å². The minimum Gasteiger partial charge on any atom is -0.296 e. The lowest BCUT2D eigenvalue weighted by Crippen LogP contribution is -2.49. The molecule has 0 aliphatic carbocycles. The summed E-state index contributed by atoms with van der Waals surface area (Å²) in [5, 5.41) is 2.28. The Bertz CT molecular complexity index is 1010. The lowest BCUT2D eigenvalue weighted by Gasteiger charge is -2.33. The molecule has 1 fully saturated rings. The highest BCUT2D eigenvalue weighted by atomic mass is 35.5. The van der Waals surface area contributed by atoms with Crippen molar-refractivity contribution in [2.24, 2.45) is 0 Å². The van der Waals surface area contributed by atoms with Crippen LogP contribution in [0, 0.1) is 0 Å². The molecule has 0 spiro atoms. The summed E-state index contributed by atoms with van der Waals surface area (Å²) in [5.41, 5.74) is 1.25. The molecule has 3 aromatic rings. The van der Waals surface area contributed by atoms with Crippen molar-refractivity contribution in [1.82, 2.24) is 13.2 Å². The fourth-order valence-corrected chi connectivity index (χ4v) is 4.88. The molecule has 2 heterocycles. The van der Waals surface area contributed by atoms with Crippen LogP contribution in [0.5, 0.6) is 0 Å². The Morgan fingerprint density at radius 2 is 1.58 bits per heavy atom. The molecule has 0 amide bonds. The lowest BCUT2D eigenvalue weighted by molar-refractivity contribution is 0.181. The van der Waals surface area contributed by atoms with Gasteiger partial charge in [0.1, 0.15) is 0 Å². The van der Waals surface area contributed by atoms with Gasteiger partial charge in [0.05, 0.1) is 0 Å². The van der Waals surface area contributed by atoms with Gasteiger partial charge in [-0.25, -0.2) is 3.97 Å². The monoisotopic (exact) mass is 389 g/mol. The molecule has 1 aliphatic rings. The number of aromatic nitrogens is 1. The van der Waals surface area contributed by atoms with Crippen molar-refractivity contribution in [3.05, 3.63) is 71.5 Å². The highest BCUT2D eigenvalue weighted by Gasteiger charge is 2.28. The summed E-state index contributed by atoms with van der Waals surface area (Å²) in [5.74, 6) is 0. The maximum absolute atomic E-state index is 12.9. The Hall–Kier alpha value is -1.86. The van der Waals surface area contributed by atoms with Crippen LogP contribution in [-0.4, -0.2) is 47.8 Å². The van der Waals surface area contributed by atoms with Crippen LogP contribution in [0.4, 0.5) is 0 Å². The van der Waals surface area contributed by atoms with Gasteiger partial charge in [0.15, 0.2) is 0 Å². The van der Waals surface area contributed by atoms with Gasteiger partial charge in [-0.1, -0.05) is 48.0 Å². The minimum absolute atomic E-state index is 0.491. The average Bonchev–Trinajstić information content (AvgIpc) is 3.07. The second-order valence-electron chi connectivity index (χ2n) is 6.53. The molecule has 0 unspecified atom stereocenters. The van der Waals surface area contributed by atoms with E-state index in [9.17, 15) is 8.42 Å². The van der Waals surface area contributed by atoms with Crippen molar-refractivity contribution in [3.8, 4) is 0 Å². The molecule has 26 heavy (non-hydrogen) atoms. The first kappa shape index (κ1) is 17.5. The van der Waals surface area contributed by atoms with Crippen molar-refractivity contribution in [2.45, 2.75) is 6.54 Å². The molecule has 0 bridgehead atoms. The van der Waals surface area contributed by atoms with E-state index in [0.29, 0.717) is 18.1 Å². The first-order chi connectivity index (χ1) is 12.5. The molecule has 1 aliphatic heterocycles. The summed E-state index contributed by atoms with van der Waals surface area (Å²) >= 11 is 6.00. The predicted octanol–water partition coefficient (Wildman–Crippen LogP) is 3.21. The molecule has 5 nitrogen and oxygen atoms in total. The maximum atomic E-state index is 12.9. The van der Waals surface area contributed by atoms with Gasteiger partial charge in [0, 0.05) is 60.9 Å². The number of hydrogen-bond donors (Lipinski definition) is 0. The van der Waals surface area contributed by atoms with E-state index in [-0.39, 0.29) is 0 Å². The van der Waals surface area contributed by atoms with E-state index in [1.165, 1.54) is 9.54 Å². The summed E-state index contributed by atoms with van der Waals surface area (Å²) in [4.78, 5) is 2.29. The van der Waals surface area contributed by atoms with Crippen molar-refractivity contribution >= 4 is 32.6 Å². The minimum atomic E-state index is -3.55. The molecule has 0 atom stereocenters. The fourth-order valence-electron chi connectivity index (χ4n) is 3.31. The Labute approximate surface area is 158 Å². The molecule has 4 rings (SSSR count). The molecular weight excluding hydrogens is 370 g/mol. The number of fused-ring (bicyclic) bond motifs is 1. The third kappa shape index (κ3) is 3.50. The Morgan fingerprint density at radius 3 is 2.31 bits per heavy atom. The maximum Gasteiger partial charge on any atom is 0.307 e. The van der Waals surface area contributed by atoms with E-state index in [1.807, 2.05) is 24.3 Å². The van der Waals surface area contributed by atoms with Crippen molar-refractivity contribution in [2.75, 3.05) is 26.2 Å². The Kier molecular flexibility index (Phi) is 4.75. The molecule has 2 aromatic carbocycles. The lowest BCUT2D eigenvalue weighted by atomic mass is 10.2. The van der Waals surface area contributed by atoms with Crippen LogP contribution < -0.4 is 0 Å². The number of piperazine rings is 1. The summed E-state index contributed by atoms with van der Waals surface area (Å²) in [6.45, 7) is 3.27. The highest BCUT2D eigenvalue weighted by molar-refractivity contribution is 7.87. The highest BCUT2D eigenvalue weighted by Crippen LogP contribution is 2.22. The summed E-state index contributed by atoms with van der Waals surface area (Å²) in [6, 6.07) is 15.6.